The van der Waals surface area contributed by atoms with Crippen LogP contribution < -0.4 is 5.73 Å². The maximum atomic E-state index is 13.8. The number of nitrogens with two attached hydrogens (primary N) is 1. The van der Waals surface area contributed by atoms with Gasteiger partial charge in [-0.2, -0.15) is 0 Å². The zero-order valence-electron chi connectivity index (χ0n) is 11.7. The third kappa shape index (κ3) is 3.38. The molecule has 20 heavy (non-hydrogen) atoms. The van der Waals surface area contributed by atoms with Crippen LogP contribution >= 0.6 is 11.6 Å². The normalized spacial score (nSPS) is 12.7. The fourth-order valence-corrected chi connectivity index (χ4v) is 2.56. The Morgan fingerprint density at radius 3 is 2.30 bits per heavy atom. The van der Waals surface area contributed by atoms with Gasteiger partial charge in [-0.1, -0.05) is 55.8 Å². The number of hydrogen-bond donors (Lipinski definition) is 1. The van der Waals surface area contributed by atoms with Crippen LogP contribution in [0.2, 0.25) is 5.02 Å². The van der Waals surface area contributed by atoms with E-state index in [1.54, 1.807) is 12.1 Å². The van der Waals surface area contributed by atoms with Crippen LogP contribution in [-0.2, 0) is 6.42 Å². The van der Waals surface area contributed by atoms with E-state index in [0.717, 1.165) is 5.56 Å². The van der Waals surface area contributed by atoms with E-state index in [2.05, 4.69) is 26.0 Å². The van der Waals surface area contributed by atoms with Gasteiger partial charge < -0.3 is 5.73 Å². The zero-order chi connectivity index (χ0) is 14.7. The number of rotatable bonds is 4. The number of benzene rings is 2. The highest BCUT2D eigenvalue weighted by Gasteiger charge is 2.15. The summed E-state index contributed by atoms with van der Waals surface area (Å²) in [6.07, 6.45) is 0.568. The first-order valence-electron chi connectivity index (χ1n) is 6.77. The topological polar surface area (TPSA) is 26.0 Å². The predicted molar refractivity (Wildman–Crippen MR) is 82.6 cm³/mol. The minimum atomic E-state index is -0.436. The van der Waals surface area contributed by atoms with Crippen molar-refractivity contribution in [1.82, 2.24) is 0 Å². The molecule has 2 aromatic carbocycles. The molecule has 106 valence electrons. The van der Waals surface area contributed by atoms with Gasteiger partial charge in [0, 0.05) is 16.6 Å². The van der Waals surface area contributed by atoms with Gasteiger partial charge in [0.2, 0.25) is 0 Å². The van der Waals surface area contributed by atoms with E-state index in [0.29, 0.717) is 22.9 Å². The molecule has 0 saturated carbocycles. The van der Waals surface area contributed by atoms with E-state index in [1.807, 2.05) is 12.1 Å². The van der Waals surface area contributed by atoms with Crippen LogP contribution in [0.25, 0.3) is 0 Å². The molecule has 0 amide bonds. The largest absolute Gasteiger partial charge is 0.324 e. The van der Waals surface area contributed by atoms with Crippen molar-refractivity contribution in [3.05, 3.63) is 70.0 Å². The summed E-state index contributed by atoms with van der Waals surface area (Å²) in [5, 5.41) is 0.385. The van der Waals surface area contributed by atoms with E-state index in [4.69, 9.17) is 17.3 Å². The molecule has 2 rings (SSSR count). The highest BCUT2D eigenvalue weighted by atomic mass is 35.5. The van der Waals surface area contributed by atoms with E-state index in [9.17, 15) is 4.39 Å². The molecule has 0 aliphatic rings. The molecular weight excluding hydrogens is 273 g/mol. The lowest BCUT2D eigenvalue weighted by atomic mass is 9.96. The van der Waals surface area contributed by atoms with Gasteiger partial charge in [0.25, 0.3) is 0 Å². The van der Waals surface area contributed by atoms with E-state index in [-0.39, 0.29) is 5.82 Å². The summed E-state index contributed by atoms with van der Waals surface area (Å²) in [5.74, 6) is 0.155. The highest BCUT2D eigenvalue weighted by molar-refractivity contribution is 6.31. The minimum Gasteiger partial charge on any atom is -0.324 e. The molecule has 1 unspecified atom stereocenters. The molecule has 0 fully saturated rings. The van der Waals surface area contributed by atoms with Crippen LogP contribution in [0.5, 0.6) is 0 Å². The Morgan fingerprint density at radius 2 is 1.75 bits per heavy atom. The highest BCUT2D eigenvalue weighted by Crippen LogP contribution is 2.27. The van der Waals surface area contributed by atoms with Crippen molar-refractivity contribution < 1.29 is 4.39 Å². The van der Waals surface area contributed by atoms with Crippen molar-refractivity contribution >= 4 is 11.6 Å². The SMILES string of the molecule is CC(C)c1ccc(CC(N)c2c(F)cccc2Cl)cc1. The van der Waals surface area contributed by atoms with E-state index >= 15 is 0 Å². The van der Waals surface area contributed by atoms with Crippen LogP contribution in [0, 0.1) is 5.82 Å². The first-order chi connectivity index (χ1) is 9.49. The predicted octanol–water partition coefficient (Wildman–Crippen LogP) is 4.85. The van der Waals surface area contributed by atoms with Gasteiger partial charge in [0.05, 0.1) is 0 Å². The maximum absolute atomic E-state index is 13.8. The van der Waals surface area contributed by atoms with Gasteiger partial charge in [0.15, 0.2) is 0 Å². The molecule has 0 saturated heterocycles. The Morgan fingerprint density at radius 1 is 1.10 bits per heavy atom. The van der Waals surface area contributed by atoms with Crippen molar-refractivity contribution in [3.63, 3.8) is 0 Å². The molecule has 0 spiro atoms. The van der Waals surface area contributed by atoms with Crippen LogP contribution in [0.3, 0.4) is 0 Å². The molecule has 1 nitrogen and oxygen atoms in total. The van der Waals surface area contributed by atoms with Crippen LogP contribution in [0.4, 0.5) is 4.39 Å². The van der Waals surface area contributed by atoms with Crippen molar-refractivity contribution in [1.29, 1.82) is 0 Å². The quantitative estimate of drug-likeness (QED) is 0.856. The Bertz CT molecular complexity index is 558. The Hall–Kier alpha value is -1.38. The van der Waals surface area contributed by atoms with E-state index < -0.39 is 6.04 Å². The second kappa shape index (κ2) is 6.38. The molecule has 0 aliphatic carbocycles. The molecule has 0 aliphatic heterocycles. The summed E-state index contributed by atoms with van der Waals surface area (Å²) in [6.45, 7) is 4.31. The summed E-state index contributed by atoms with van der Waals surface area (Å²) < 4.78 is 13.8. The third-order valence-electron chi connectivity index (χ3n) is 3.47. The zero-order valence-corrected chi connectivity index (χ0v) is 12.5. The second-order valence-electron chi connectivity index (χ2n) is 5.34. The molecule has 0 bridgehead atoms. The lowest BCUT2D eigenvalue weighted by Gasteiger charge is -2.15. The van der Waals surface area contributed by atoms with E-state index in [1.165, 1.54) is 11.6 Å². The molecule has 1 atom stereocenters. The average molecular weight is 292 g/mol. The van der Waals surface area contributed by atoms with Crippen molar-refractivity contribution in [2.75, 3.05) is 0 Å². The molecule has 0 radical (unpaired) electrons. The summed E-state index contributed by atoms with van der Waals surface area (Å²) in [5.41, 5.74) is 8.86. The summed E-state index contributed by atoms with van der Waals surface area (Å²) >= 11 is 6.04. The molecule has 0 heterocycles. The van der Waals surface area contributed by atoms with Crippen LogP contribution in [0.1, 0.15) is 42.5 Å². The molecular formula is C17H19ClFN. The Balaban J connectivity index is 2.17. The molecule has 2 N–H and O–H groups in total. The number of hydrogen-bond acceptors (Lipinski definition) is 1. The second-order valence-corrected chi connectivity index (χ2v) is 5.75. The van der Waals surface area contributed by atoms with Crippen LogP contribution in [0.15, 0.2) is 42.5 Å². The Kier molecular flexibility index (Phi) is 4.79. The summed E-state index contributed by atoms with van der Waals surface area (Å²) in [6, 6.07) is 12.5. The first-order valence-corrected chi connectivity index (χ1v) is 7.15. The monoisotopic (exact) mass is 291 g/mol. The lowest BCUT2D eigenvalue weighted by Crippen LogP contribution is -2.15. The first kappa shape index (κ1) is 15.0. The van der Waals surface area contributed by atoms with Crippen molar-refractivity contribution in [2.24, 2.45) is 5.73 Å². The molecule has 2 aromatic rings. The fraction of sp³-hybridized carbons (Fsp3) is 0.294. The van der Waals surface area contributed by atoms with Gasteiger partial charge in [0.1, 0.15) is 5.82 Å². The smallest absolute Gasteiger partial charge is 0.129 e. The Labute approximate surface area is 124 Å². The molecule has 0 aromatic heterocycles. The average Bonchev–Trinajstić information content (AvgIpc) is 2.39. The summed E-state index contributed by atoms with van der Waals surface area (Å²) in [7, 11) is 0. The van der Waals surface area contributed by atoms with Gasteiger partial charge in [-0.05, 0) is 35.6 Å². The number of halogens is 2. The maximum Gasteiger partial charge on any atom is 0.129 e. The third-order valence-corrected chi connectivity index (χ3v) is 3.80. The van der Waals surface area contributed by atoms with Crippen molar-refractivity contribution in [3.8, 4) is 0 Å². The van der Waals surface area contributed by atoms with Gasteiger partial charge in [-0.15, -0.1) is 0 Å². The standard InChI is InChI=1S/C17H19ClFN/c1-11(2)13-8-6-12(7-9-13)10-16(20)17-14(18)4-3-5-15(17)19/h3-9,11,16H,10,20H2,1-2H3. The van der Waals surface area contributed by atoms with Gasteiger partial charge >= 0.3 is 0 Å². The minimum absolute atomic E-state index is 0.344. The van der Waals surface area contributed by atoms with Gasteiger partial charge in [-0.25, -0.2) is 4.39 Å². The molecule has 3 heteroatoms. The van der Waals surface area contributed by atoms with Crippen LogP contribution in [-0.4, -0.2) is 0 Å². The fourth-order valence-electron chi connectivity index (χ4n) is 2.26. The summed E-state index contributed by atoms with van der Waals surface area (Å²) in [4.78, 5) is 0. The lowest BCUT2D eigenvalue weighted by molar-refractivity contribution is 0.580. The van der Waals surface area contributed by atoms with Crippen molar-refractivity contribution in [2.45, 2.75) is 32.2 Å². The van der Waals surface area contributed by atoms with Gasteiger partial charge in [-0.3, -0.25) is 0 Å².